The van der Waals surface area contributed by atoms with E-state index in [4.69, 9.17) is 21.1 Å². The number of halogens is 1. The Kier molecular flexibility index (Phi) is 6.13. The average Bonchev–Trinajstić information content (AvgIpc) is 3.18. The molecule has 0 N–H and O–H groups in total. The minimum absolute atomic E-state index is 0.262. The molecule has 156 valence electrons. The van der Waals surface area contributed by atoms with Crippen LogP contribution in [0.5, 0.6) is 0 Å². The molecule has 0 saturated carbocycles. The summed E-state index contributed by atoms with van der Waals surface area (Å²) in [6.45, 7) is 5.47. The Morgan fingerprint density at radius 1 is 1.10 bits per heavy atom. The van der Waals surface area contributed by atoms with Gasteiger partial charge in [0.1, 0.15) is 5.60 Å². The maximum atomic E-state index is 12.9. The molecule has 0 bridgehead atoms. The second kappa shape index (κ2) is 8.44. The first-order valence-electron chi connectivity index (χ1n) is 9.57. The summed E-state index contributed by atoms with van der Waals surface area (Å²) in [5.41, 5.74) is 1.14. The zero-order chi connectivity index (χ0) is 21.9. The summed E-state index contributed by atoms with van der Waals surface area (Å²) in [4.78, 5) is 29.2. The van der Waals surface area contributed by atoms with Crippen LogP contribution in [-0.4, -0.2) is 36.4 Å². The lowest BCUT2D eigenvalue weighted by atomic mass is 9.90. The molecule has 30 heavy (non-hydrogen) atoms. The number of aliphatic imine (C=N–C) groups is 1. The van der Waals surface area contributed by atoms with Crippen LogP contribution in [0.25, 0.3) is 11.1 Å². The van der Waals surface area contributed by atoms with E-state index in [-0.39, 0.29) is 6.42 Å². The second-order valence-corrected chi connectivity index (χ2v) is 8.53. The van der Waals surface area contributed by atoms with Crippen molar-refractivity contribution in [3.05, 3.63) is 70.8 Å². The monoisotopic (exact) mass is 425 g/mol. The van der Waals surface area contributed by atoms with Crippen molar-refractivity contribution in [1.82, 2.24) is 0 Å². The first-order chi connectivity index (χ1) is 14.1. The Bertz CT molecular complexity index is 1020. The topological polar surface area (TPSA) is 65.0 Å². The lowest BCUT2D eigenvalue weighted by Gasteiger charge is -2.28. The third kappa shape index (κ3) is 4.79. The molecule has 3 rings (SSSR count). The number of rotatable bonds is 5. The molecule has 0 aliphatic carbocycles. The summed E-state index contributed by atoms with van der Waals surface area (Å²) in [7, 11) is 1.35. The fraction of sp³-hybridized carbons (Fsp3) is 0.292. The van der Waals surface area contributed by atoms with Gasteiger partial charge >= 0.3 is 11.9 Å². The van der Waals surface area contributed by atoms with Crippen molar-refractivity contribution in [1.29, 1.82) is 0 Å². The molecule has 1 heterocycles. The lowest BCUT2D eigenvalue weighted by molar-refractivity contribution is -0.159. The van der Waals surface area contributed by atoms with E-state index in [0.717, 1.165) is 16.7 Å². The van der Waals surface area contributed by atoms with Gasteiger partial charge in [0, 0.05) is 17.7 Å². The Balaban J connectivity index is 1.96. The van der Waals surface area contributed by atoms with Gasteiger partial charge in [-0.1, -0.05) is 29.8 Å². The fourth-order valence-corrected chi connectivity index (χ4v) is 3.39. The largest absolute Gasteiger partial charge is 0.465 e. The summed E-state index contributed by atoms with van der Waals surface area (Å²) < 4.78 is 10.4. The highest BCUT2D eigenvalue weighted by molar-refractivity contribution is 6.31. The fourth-order valence-electron chi connectivity index (χ4n) is 3.21. The number of ether oxygens (including phenoxy) is 2. The van der Waals surface area contributed by atoms with Gasteiger partial charge in [0.15, 0.2) is 5.54 Å². The Labute approximate surface area is 181 Å². The maximum Gasteiger partial charge on any atom is 0.338 e. The van der Waals surface area contributed by atoms with Gasteiger partial charge in [0.05, 0.1) is 12.7 Å². The average molecular weight is 426 g/mol. The second-order valence-electron chi connectivity index (χ2n) is 8.12. The molecule has 6 heteroatoms. The highest BCUT2D eigenvalue weighted by atomic mass is 35.5. The molecule has 0 spiro atoms. The Morgan fingerprint density at radius 2 is 1.83 bits per heavy atom. The number of nitrogens with zero attached hydrogens (tertiary/aromatic N) is 1. The molecular weight excluding hydrogens is 402 g/mol. The van der Waals surface area contributed by atoms with Gasteiger partial charge in [-0.25, -0.2) is 9.59 Å². The van der Waals surface area contributed by atoms with E-state index in [1.54, 1.807) is 42.6 Å². The molecule has 0 aromatic heterocycles. The zero-order valence-electron chi connectivity index (χ0n) is 17.4. The minimum atomic E-state index is -1.15. The lowest BCUT2D eigenvalue weighted by Crippen LogP contribution is -2.41. The number of methoxy groups -OCH3 is 1. The van der Waals surface area contributed by atoms with Crippen molar-refractivity contribution in [2.45, 2.75) is 38.3 Å². The summed E-state index contributed by atoms with van der Waals surface area (Å²) in [6, 6.07) is 12.7. The van der Waals surface area contributed by atoms with Crippen molar-refractivity contribution in [2.75, 3.05) is 7.11 Å². The molecule has 0 fully saturated rings. The van der Waals surface area contributed by atoms with Crippen LogP contribution in [0, 0.1) is 0 Å². The third-order valence-corrected chi connectivity index (χ3v) is 5.01. The molecule has 0 radical (unpaired) electrons. The van der Waals surface area contributed by atoms with Crippen LogP contribution in [0.15, 0.2) is 59.6 Å². The molecule has 5 nitrogen and oxygen atoms in total. The van der Waals surface area contributed by atoms with Crippen LogP contribution >= 0.6 is 11.6 Å². The Hall–Kier alpha value is -2.92. The van der Waals surface area contributed by atoms with Crippen LogP contribution in [0.1, 0.15) is 36.7 Å². The number of hydrogen-bond acceptors (Lipinski definition) is 5. The van der Waals surface area contributed by atoms with Gasteiger partial charge in [-0.2, -0.15) is 0 Å². The number of hydrogen-bond donors (Lipinski definition) is 0. The normalized spacial score (nSPS) is 17.8. The number of carbonyl (C=O) groups is 2. The van der Waals surface area contributed by atoms with E-state index in [9.17, 15) is 9.59 Å². The van der Waals surface area contributed by atoms with Crippen LogP contribution in [0.2, 0.25) is 5.02 Å². The molecule has 1 aliphatic rings. The highest BCUT2D eigenvalue weighted by Gasteiger charge is 2.41. The van der Waals surface area contributed by atoms with E-state index >= 15 is 0 Å². The van der Waals surface area contributed by atoms with E-state index in [0.29, 0.717) is 10.6 Å². The summed E-state index contributed by atoms with van der Waals surface area (Å²) in [5.74, 6) is -0.825. The summed E-state index contributed by atoms with van der Waals surface area (Å²) in [5, 5.41) is 0.529. The predicted octanol–water partition coefficient (Wildman–Crippen LogP) is 5.06. The van der Waals surface area contributed by atoms with Crippen molar-refractivity contribution in [3.63, 3.8) is 0 Å². The maximum absolute atomic E-state index is 12.9. The van der Waals surface area contributed by atoms with Gasteiger partial charge in [-0.15, -0.1) is 0 Å². The molecule has 1 atom stereocenters. The van der Waals surface area contributed by atoms with E-state index in [1.807, 2.05) is 39.0 Å². The number of carbonyl (C=O) groups excluding carboxylic acids is 2. The van der Waals surface area contributed by atoms with Crippen molar-refractivity contribution in [2.24, 2.45) is 4.99 Å². The van der Waals surface area contributed by atoms with Crippen LogP contribution in [0.4, 0.5) is 0 Å². The smallest absolute Gasteiger partial charge is 0.338 e. The first-order valence-corrected chi connectivity index (χ1v) is 9.95. The summed E-state index contributed by atoms with van der Waals surface area (Å²) in [6.07, 6.45) is 5.34. The molecule has 1 unspecified atom stereocenters. The molecular formula is C24H24ClNO4. The number of benzene rings is 2. The van der Waals surface area contributed by atoms with Crippen molar-refractivity contribution >= 4 is 29.8 Å². The minimum Gasteiger partial charge on any atom is -0.465 e. The molecule has 1 aliphatic heterocycles. The molecule has 0 amide bonds. The predicted molar refractivity (Wildman–Crippen MR) is 118 cm³/mol. The van der Waals surface area contributed by atoms with E-state index in [1.165, 1.54) is 7.11 Å². The van der Waals surface area contributed by atoms with Crippen LogP contribution in [-0.2, 0) is 20.7 Å². The first kappa shape index (κ1) is 21.8. The van der Waals surface area contributed by atoms with Crippen LogP contribution < -0.4 is 0 Å². The summed E-state index contributed by atoms with van der Waals surface area (Å²) >= 11 is 6.46. The van der Waals surface area contributed by atoms with Crippen LogP contribution in [0.3, 0.4) is 0 Å². The quantitative estimate of drug-likeness (QED) is 0.628. The van der Waals surface area contributed by atoms with Crippen molar-refractivity contribution in [3.8, 4) is 11.1 Å². The van der Waals surface area contributed by atoms with Gasteiger partial charge in [-0.05, 0) is 73.9 Å². The highest BCUT2D eigenvalue weighted by Crippen LogP contribution is 2.32. The SMILES string of the molecule is COC(=O)c1cccc(-c2ccc(Cl)c(CC3(C(=O)OC(C)(C)C)C=CC=N3)c2)c1. The van der Waals surface area contributed by atoms with E-state index < -0.39 is 23.1 Å². The van der Waals surface area contributed by atoms with Crippen molar-refractivity contribution < 1.29 is 19.1 Å². The van der Waals surface area contributed by atoms with Gasteiger partial charge in [-0.3, -0.25) is 4.99 Å². The zero-order valence-corrected chi connectivity index (χ0v) is 18.2. The van der Waals surface area contributed by atoms with Gasteiger partial charge in [0.25, 0.3) is 0 Å². The Morgan fingerprint density at radius 3 is 2.47 bits per heavy atom. The number of esters is 2. The molecule has 2 aromatic rings. The van der Waals surface area contributed by atoms with Gasteiger partial charge < -0.3 is 9.47 Å². The third-order valence-electron chi connectivity index (χ3n) is 4.64. The van der Waals surface area contributed by atoms with E-state index in [2.05, 4.69) is 4.99 Å². The molecule has 2 aromatic carbocycles. The molecule has 0 saturated heterocycles. The number of allylic oxidation sites excluding steroid dienone is 1. The van der Waals surface area contributed by atoms with Gasteiger partial charge in [0.2, 0.25) is 0 Å². The standard InChI is InChI=1S/C24H24ClNO4/c1-23(2,3)30-22(28)24(11-6-12-26-24)15-19-14-17(9-10-20(19)25)16-7-5-8-18(13-16)21(27)29-4/h5-14H,15H2,1-4H3.